The first kappa shape index (κ1) is 27.0. The van der Waals surface area contributed by atoms with E-state index in [2.05, 4.69) is 24.3 Å². The van der Waals surface area contributed by atoms with Gasteiger partial charge in [0, 0.05) is 50.1 Å². The summed E-state index contributed by atoms with van der Waals surface area (Å²) in [5.41, 5.74) is 3.61. The van der Waals surface area contributed by atoms with Crippen molar-refractivity contribution in [3.05, 3.63) is 131 Å². The molecule has 204 valence electrons. The van der Waals surface area contributed by atoms with Gasteiger partial charge in [0.05, 0.1) is 13.2 Å². The Morgan fingerprint density at radius 2 is 0.925 bits per heavy atom. The number of nitrogens with zero attached hydrogens (tertiary/aromatic N) is 2. The van der Waals surface area contributed by atoms with E-state index in [4.69, 9.17) is 9.47 Å². The molecule has 1 aliphatic rings. The maximum atomic E-state index is 13.2. The molecule has 5 rings (SSSR count). The van der Waals surface area contributed by atoms with Crippen LogP contribution in [0, 0.1) is 0 Å². The van der Waals surface area contributed by atoms with Crippen molar-refractivity contribution < 1.29 is 19.1 Å². The highest BCUT2D eigenvalue weighted by molar-refractivity contribution is 5.96. The average molecular weight is 535 g/mol. The Labute approximate surface area is 235 Å². The first-order valence-corrected chi connectivity index (χ1v) is 13.8. The molecule has 6 nitrogen and oxygen atoms in total. The first-order chi connectivity index (χ1) is 19.7. The Bertz CT molecular complexity index is 1290. The highest BCUT2D eigenvalue weighted by Crippen LogP contribution is 2.19. The molecule has 4 aromatic rings. The molecule has 0 atom stereocenters. The number of hydrogen-bond donors (Lipinski definition) is 0. The van der Waals surface area contributed by atoms with Crippen LogP contribution in [0.2, 0.25) is 0 Å². The van der Waals surface area contributed by atoms with Crippen LogP contribution in [0.3, 0.4) is 0 Å². The molecule has 2 amide bonds. The summed E-state index contributed by atoms with van der Waals surface area (Å²) >= 11 is 0. The summed E-state index contributed by atoms with van der Waals surface area (Å²) in [5.74, 6) is 1.27. The summed E-state index contributed by atoms with van der Waals surface area (Å²) in [6.45, 7) is 3.02. The second-order valence-corrected chi connectivity index (χ2v) is 9.81. The van der Waals surface area contributed by atoms with Gasteiger partial charge >= 0.3 is 0 Å². The van der Waals surface area contributed by atoms with Gasteiger partial charge in [-0.15, -0.1) is 0 Å². The van der Waals surface area contributed by atoms with E-state index in [0.717, 1.165) is 12.8 Å². The second kappa shape index (κ2) is 13.5. The van der Waals surface area contributed by atoms with Crippen LogP contribution in [0.5, 0.6) is 11.5 Å². The van der Waals surface area contributed by atoms with Crippen LogP contribution in [0.25, 0.3) is 0 Å². The van der Waals surface area contributed by atoms with Gasteiger partial charge in [0.15, 0.2) is 0 Å². The fraction of sp³-hybridized carbons (Fsp3) is 0.235. The van der Waals surface area contributed by atoms with Gasteiger partial charge in [0.25, 0.3) is 11.8 Å². The van der Waals surface area contributed by atoms with Crippen LogP contribution in [-0.4, -0.2) is 61.0 Å². The summed E-state index contributed by atoms with van der Waals surface area (Å²) in [5, 5.41) is 0. The summed E-state index contributed by atoms with van der Waals surface area (Å²) in [7, 11) is 0. The number of piperazine rings is 1. The zero-order valence-corrected chi connectivity index (χ0v) is 22.6. The number of amides is 2. The van der Waals surface area contributed by atoms with Crippen LogP contribution in [0.4, 0.5) is 0 Å². The number of benzene rings is 4. The summed E-state index contributed by atoms with van der Waals surface area (Å²) in [4.78, 5) is 30.0. The molecule has 0 saturated carbocycles. The maximum absolute atomic E-state index is 13.2. The summed E-state index contributed by atoms with van der Waals surface area (Å²) in [6, 6.07) is 35.0. The number of rotatable bonds is 10. The largest absolute Gasteiger partial charge is 0.493 e. The number of carbonyl (C=O) groups is 2. The molecule has 0 N–H and O–H groups in total. The third kappa shape index (κ3) is 7.29. The van der Waals surface area contributed by atoms with Gasteiger partial charge in [-0.1, -0.05) is 72.8 Å². The molecule has 0 spiro atoms. The second-order valence-electron chi connectivity index (χ2n) is 9.81. The molecule has 4 aromatic carbocycles. The highest BCUT2D eigenvalue weighted by Gasteiger charge is 2.26. The number of carbonyl (C=O) groups excluding carboxylic acids is 2. The molecular weight excluding hydrogens is 500 g/mol. The van der Waals surface area contributed by atoms with Crippen LogP contribution >= 0.6 is 0 Å². The van der Waals surface area contributed by atoms with Crippen molar-refractivity contribution >= 4 is 11.8 Å². The Morgan fingerprint density at radius 3 is 1.32 bits per heavy atom. The number of ether oxygens (including phenoxy) is 2. The van der Waals surface area contributed by atoms with Gasteiger partial charge in [-0.25, -0.2) is 0 Å². The normalized spacial score (nSPS) is 13.1. The van der Waals surface area contributed by atoms with Gasteiger partial charge in [-0.3, -0.25) is 9.59 Å². The Balaban J connectivity index is 1.10. The minimum atomic E-state index is -0.0468. The molecule has 0 radical (unpaired) electrons. The maximum Gasteiger partial charge on any atom is 0.254 e. The van der Waals surface area contributed by atoms with Crippen molar-refractivity contribution in [3.63, 3.8) is 0 Å². The molecule has 1 aliphatic heterocycles. The predicted octanol–water partition coefficient (Wildman–Crippen LogP) is 5.53. The zero-order valence-electron chi connectivity index (χ0n) is 22.6. The molecule has 6 heteroatoms. The minimum absolute atomic E-state index is 0.0468. The van der Waals surface area contributed by atoms with Crippen LogP contribution in [-0.2, 0) is 12.8 Å². The fourth-order valence-electron chi connectivity index (χ4n) is 4.78. The van der Waals surface area contributed by atoms with Crippen molar-refractivity contribution in [3.8, 4) is 11.5 Å². The zero-order chi connectivity index (χ0) is 27.6. The van der Waals surface area contributed by atoms with E-state index in [-0.39, 0.29) is 11.8 Å². The molecular formula is C34H34N2O4. The third-order valence-electron chi connectivity index (χ3n) is 7.02. The predicted molar refractivity (Wildman–Crippen MR) is 156 cm³/mol. The monoisotopic (exact) mass is 534 g/mol. The van der Waals surface area contributed by atoms with Crippen LogP contribution in [0.1, 0.15) is 31.8 Å². The van der Waals surface area contributed by atoms with E-state index in [0.29, 0.717) is 62.0 Å². The van der Waals surface area contributed by atoms with E-state index in [1.807, 2.05) is 72.8 Å². The molecule has 40 heavy (non-hydrogen) atoms. The molecule has 1 fully saturated rings. The topological polar surface area (TPSA) is 59.1 Å². The van der Waals surface area contributed by atoms with Crippen LogP contribution in [0.15, 0.2) is 109 Å². The van der Waals surface area contributed by atoms with Gasteiger partial charge in [0.2, 0.25) is 0 Å². The first-order valence-electron chi connectivity index (χ1n) is 13.8. The van der Waals surface area contributed by atoms with E-state index in [1.54, 1.807) is 21.9 Å². The quantitative estimate of drug-likeness (QED) is 0.269. The number of hydrogen-bond acceptors (Lipinski definition) is 4. The minimum Gasteiger partial charge on any atom is -0.493 e. The Morgan fingerprint density at radius 1 is 0.525 bits per heavy atom. The van der Waals surface area contributed by atoms with Gasteiger partial charge < -0.3 is 19.3 Å². The molecule has 0 aromatic heterocycles. The van der Waals surface area contributed by atoms with Crippen LogP contribution < -0.4 is 9.47 Å². The van der Waals surface area contributed by atoms with Crippen molar-refractivity contribution in [1.29, 1.82) is 0 Å². The lowest BCUT2D eigenvalue weighted by molar-refractivity contribution is 0.0535. The Kier molecular flexibility index (Phi) is 9.09. The van der Waals surface area contributed by atoms with Crippen molar-refractivity contribution in [1.82, 2.24) is 9.80 Å². The van der Waals surface area contributed by atoms with Crippen molar-refractivity contribution in [2.45, 2.75) is 12.8 Å². The van der Waals surface area contributed by atoms with E-state index in [9.17, 15) is 9.59 Å². The van der Waals surface area contributed by atoms with E-state index < -0.39 is 0 Å². The fourth-order valence-corrected chi connectivity index (χ4v) is 4.78. The van der Waals surface area contributed by atoms with Crippen molar-refractivity contribution in [2.24, 2.45) is 0 Å². The SMILES string of the molecule is O=C(c1cccc(OCCc2ccccc2)c1)N1CCN(C(=O)c2cccc(OCCc3ccccc3)c2)CC1. The molecule has 0 unspecified atom stereocenters. The van der Waals surface area contributed by atoms with E-state index in [1.165, 1.54) is 11.1 Å². The lowest BCUT2D eigenvalue weighted by Gasteiger charge is -2.35. The lowest BCUT2D eigenvalue weighted by atomic mass is 10.1. The molecule has 0 aliphatic carbocycles. The Hall–Kier alpha value is -4.58. The summed E-state index contributed by atoms with van der Waals surface area (Å²) < 4.78 is 11.8. The van der Waals surface area contributed by atoms with Gasteiger partial charge in [-0.2, -0.15) is 0 Å². The van der Waals surface area contributed by atoms with E-state index >= 15 is 0 Å². The highest BCUT2D eigenvalue weighted by atomic mass is 16.5. The smallest absolute Gasteiger partial charge is 0.254 e. The van der Waals surface area contributed by atoms with Gasteiger partial charge in [-0.05, 0) is 47.5 Å². The third-order valence-corrected chi connectivity index (χ3v) is 7.02. The van der Waals surface area contributed by atoms with Gasteiger partial charge in [0.1, 0.15) is 11.5 Å². The molecule has 1 saturated heterocycles. The molecule has 0 bridgehead atoms. The standard InChI is InChI=1S/C34H34N2O4/c37-33(29-13-7-15-31(25-29)39-23-17-27-9-3-1-4-10-27)35-19-21-36(22-20-35)34(38)30-14-8-16-32(26-30)40-24-18-28-11-5-2-6-12-28/h1-16,25-26H,17-24H2. The lowest BCUT2D eigenvalue weighted by Crippen LogP contribution is -2.50. The van der Waals surface area contributed by atoms with Crippen molar-refractivity contribution in [2.75, 3.05) is 39.4 Å². The molecule has 1 heterocycles. The average Bonchev–Trinajstić information content (AvgIpc) is 3.02. The summed E-state index contributed by atoms with van der Waals surface area (Å²) in [6.07, 6.45) is 1.61.